The van der Waals surface area contributed by atoms with E-state index in [4.69, 9.17) is 14.5 Å². The molecular formula is C20H21N3O2S. The number of aromatic nitrogens is 1. The van der Waals surface area contributed by atoms with E-state index in [9.17, 15) is 0 Å². The molecule has 0 atom stereocenters. The molecule has 1 aliphatic rings. The second kappa shape index (κ2) is 7.76. The zero-order valence-electron chi connectivity index (χ0n) is 14.7. The van der Waals surface area contributed by atoms with E-state index in [1.165, 1.54) is 0 Å². The van der Waals surface area contributed by atoms with Crippen LogP contribution in [0.3, 0.4) is 0 Å². The van der Waals surface area contributed by atoms with Gasteiger partial charge in [-0.1, -0.05) is 18.2 Å². The second-order valence-corrected chi connectivity index (χ2v) is 6.79. The van der Waals surface area contributed by atoms with E-state index in [0.717, 1.165) is 53.8 Å². The maximum absolute atomic E-state index is 5.53. The summed E-state index contributed by atoms with van der Waals surface area (Å²) in [5, 5.41) is 4.47. The van der Waals surface area contributed by atoms with Gasteiger partial charge in [0.15, 0.2) is 0 Å². The normalized spacial score (nSPS) is 15.3. The summed E-state index contributed by atoms with van der Waals surface area (Å²) in [6.45, 7) is 3.16. The number of thiazole rings is 1. The van der Waals surface area contributed by atoms with Gasteiger partial charge >= 0.3 is 0 Å². The predicted octanol–water partition coefficient (Wildman–Crippen LogP) is 3.43. The van der Waals surface area contributed by atoms with Crippen LogP contribution in [0.4, 0.5) is 5.69 Å². The molecule has 0 bridgehead atoms. The predicted molar refractivity (Wildman–Crippen MR) is 105 cm³/mol. The number of rotatable bonds is 4. The molecule has 0 unspecified atom stereocenters. The molecule has 0 spiro atoms. The van der Waals surface area contributed by atoms with Crippen molar-refractivity contribution >= 4 is 17.0 Å². The third-order valence-corrected chi connectivity index (χ3v) is 5.14. The van der Waals surface area contributed by atoms with E-state index in [-0.39, 0.29) is 0 Å². The third-order valence-electron chi connectivity index (χ3n) is 4.32. The molecule has 134 valence electrons. The molecule has 4 rings (SSSR count). The van der Waals surface area contributed by atoms with Crippen LogP contribution in [0.2, 0.25) is 0 Å². The SMILES string of the molecule is COc1ccc(-c2csc(=Nc3ccccc3)n2N2CCOCC2)cc1. The van der Waals surface area contributed by atoms with Gasteiger partial charge in [-0.15, -0.1) is 11.3 Å². The lowest BCUT2D eigenvalue weighted by Crippen LogP contribution is -2.48. The maximum atomic E-state index is 5.53. The van der Waals surface area contributed by atoms with Gasteiger partial charge in [-0.2, -0.15) is 0 Å². The van der Waals surface area contributed by atoms with Crippen molar-refractivity contribution in [3.63, 3.8) is 0 Å². The summed E-state index contributed by atoms with van der Waals surface area (Å²) in [5.74, 6) is 0.857. The smallest absolute Gasteiger partial charge is 0.209 e. The number of para-hydroxylation sites is 1. The second-order valence-electron chi connectivity index (χ2n) is 5.96. The zero-order chi connectivity index (χ0) is 17.8. The lowest BCUT2D eigenvalue weighted by Gasteiger charge is -2.31. The van der Waals surface area contributed by atoms with Crippen molar-refractivity contribution in [3.05, 3.63) is 64.8 Å². The number of benzene rings is 2. The molecule has 0 radical (unpaired) electrons. The summed E-state index contributed by atoms with van der Waals surface area (Å²) in [7, 11) is 1.68. The fourth-order valence-electron chi connectivity index (χ4n) is 2.98. The highest BCUT2D eigenvalue weighted by Gasteiger charge is 2.17. The molecule has 2 heterocycles. The Morgan fingerprint density at radius 2 is 1.73 bits per heavy atom. The molecule has 0 aliphatic carbocycles. The van der Waals surface area contributed by atoms with Crippen molar-refractivity contribution in [3.8, 4) is 17.0 Å². The highest BCUT2D eigenvalue weighted by Crippen LogP contribution is 2.24. The van der Waals surface area contributed by atoms with Gasteiger partial charge in [-0.05, 0) is 36.4 Å². The van der Waals surface area contributed by atoms with Crippen LogP contribution in [0.15, 0.2) is 65.0 Å². The monoisotopic (exact) mass is 367 g/mol. The largest absolute Gasteiger partial charge is 0.497 e. The molecule has 0 amide bonds. The highest BCUT2D eigenvalue weighted by atomic mass is 32.1. The lowest BCUT2D eigenvalue weighted by molar-refractivity contribution is 0.111. The molecule has 1 fully saturated rings. The highest BCUT2D eigenvalue weighted by molar-refractivity contribution is 7.07. The minimum Gasteiger partial charge on any atom is -0.497 e. The van der Waals surface area contributed by atoms with Crippen LogP contribution in [0.5, 0.6) is 5.75 Å². The van der Waals surface area contributed by atoms with Crippen LogP contribution in [-0.4, -0.2) is 38.1 Å². The van der Waals surface area contributed by atoms with Gasteiger partial charge in [0, 0.05) is 10.9 Å². The molecule has 0 N–H and O–H groups in total. The van der Waals surface area contributed by atoms with Crippen LogP contribution in [-0.2, 0) is 4.74 Å². The molecule has 0 saturated carbocycles. The molecule has 26 heavy (non-hydrogen) atoms. The Bertz CT molecular complexity index is 910. The van der Waals surface area contributed by atoms with Crippen molar-refractivity contribution in [2.24, 2.45) is 4.99 Å². The van der Waals surface area contributed by atoms with Crippen molar-refractivity contribution in [1.82, 2.24) is 4.68 Å². The Balaban J connectivity index is 1.82. The van der Waals surface area contributed by atoms with Crippen LogP contribution >= 0.6 is 11.3 Å². The summed E-state index contributed by atoms with van der Waals surface area (Å²) in [5.41, 5.74) is 3.23. The number of methoxy groups -OCH3 is 1. The first-order chi connectivity index (χ1) is 12.8. The minimum absolute atomic E-state index is 0.732. The molecule has 2 aromatic carbocycles. The maximum Gasteiger partial charge on any atom is 0.209 e. The van der Waals surface area contributed by atoms with E-state index in [1.54, 1.807) is 18.4 Å². The van der Waals surface area contributed by atoms with Crippen molar-refractivity contribution in [2.75, 3.05) is 38.4 Å². The van der Waals surface area contributed by atoms with Crippen molar-refractivity contribution in [1.29, 1.82) is 0 Å². The molecule has 1 saturated heterocycles. The number of nitrogens with zero attached hydrogens (tertiary/aromatic N) is 3. The third kappa shape index (κ3) is 3.52. The Morgan fingerprint density at radius 1 is 1.00 bits per heavy atom. The van der Waals surface area contributed by atoms with E-state index in [2.05, 4.69) is 27.2 Å². The van der Waals surface area contributed by atoms with E-state index >= 15 is 0 Å². The Hall–Kier alpha value is -2.57. The lowest BCUT2D eigenvalue weighted by atomic mass is 10.2. The first kappa shape index (κ1) is 16.9. The molecule has 1 aromatic heterocycles. The minimum atomic E-state index is 0.732. The van der Waals surface area contributed by atoms with Gasteiger partial charge in [-0.25, -0.2) is 9.67 Å². The van der Waals surface area contributed by atoms with Crippen molar-refractivity contribution < 1.29 is 9.47 Å². The van der Waals surface area contributed by atoms with E-state index < -0.39 is 0 Å². The summed E-state index contributed by atoms with van der Waals surface area (Å²) < 4.78 is 13.0. The number of hydrogen-bond acceptors (Lipinski definition) is 5. The van der Waals surface area contributed by atoms with Gasteiger partial charge in [0.1, 0.15) is 5.75 Å². The van der Waals surface area contributed by atoms with Gasteiger partial charge in [0.25, 0.3) is 0 Å². The number of morpholine rings is 1. The van der Waals surface area contributed by atoms with E-state index in [1.807, 2.05) is 42.5 Å². The van der Waals surface area contributed by atoms with Gasteiger partial charge < -0.3 is 14.5 Å². The summed E-state index contributed by atoms with van der Waals surface area (Å²) in [6.07, 6.45) is 0. The standard InChI is InChI=1S/C20H21N3O2S/c1-24-18-9-7-16(8-10-18)19-15-26-20(21-17-5-3-2-4-6-17)23(19)22-11-13-25-14-12-22/h2-10,15H,11-14H2,1H3. The number of ether oxygens (including phenoxy) is 2. The molecule has 5 nitrogen and oxygen atoms in total. The zero-order valence-corrected chi connectivity index (χ0v) is 15.5. The Morgan fingerprint density at radius 3 is 2.42 bits per heavy atom. The average molecular weight is 367 g/mol. The molecule has 1 aliphatic heterocycles. The quantitative estimate of drug-likeness (QED) is 0.709. The average Bonchev–Trinajstić information content (AvgIpc) is 3.13. The van der Waals surface area contributed by atoms with Crippen molar-refractivity contribution in [2.45, 2.75) is 0 Å². The first-order valence-corrected chi connectivity index (χ1v) is 9.51. The molecular weight excluding hydrogens is 346 g/mol. The molecule has 6 heteroatoms. The fourth-order valence-corrected chi connectivity index (χ4v) is 3.90. The van der Waals surface area contributed by atoms with E-state index in [0.29, 0.717) is 0 Å². The van der Waals surface area contributed by atoms with Crippen LogP contribution < -0.4 is 14.5 Å². The summed E-state index contributed by atoms with van der Waals surface area (Å²) in [6, 6.07) is 18.2. The van der Waals surface area contributed by atoms with Gasteiger partial charge in [0.2, 0.25) is 4.80 Å². The van der Waals surface area contributed by atoms with Crippen LogP contribution in [0.25, 0.3) is 11.3 Å². The van der Waals surface area contributed by atoms with Gasteiger partial charge in [-0.3, -0.25) is 0 Å². The number of hydrogen-bond donors (Lipinski definition) is 0. The van der Waals surface area contributed by atoms with Crippen LogP contribution in [0, 0.1) is 0 Å². The Kier molecular flexibility index (Phi) is 5.04. The molecule has 3 aromatic rings. The topological polar surface area (TPSA) is 39.0 Å². The van der Waals surface area contributed by atoms with Crippen LogP contribution in [0.1, 0.15) is 0 Å². The Labute approximate surface area is 156 Å². The summed E-state index contributed by atoms with van der Waals surface area (Å²) >= 11 is 1.65. The fraction of sp³-hybridized carbons (Fsp3) is 0.250. The first-order valence-electron chi connectivity index (χ1n) is 8.63. The summed E-state index contributed by atoms with van der Waals surface area (Å²) in [4.78, 5) is 5.83. The van der Waals surface area contributed by atoms with Gasteiger partial charge in [0.05, 0.1) is 44.8 Å².